The average molecular weight is 225 g/mol. The molecule has 0 aromatic carbocycles. The quantitative estimate of drug-likeness (QED) is 0.409. The van der Waals surface area contributed by atoms with Gasteiger partial charge in [0.25, 0.3) is 0 Å². The van der Waals surface area contributed by atoms with E-state index in [0.717, 1.165) is 13.0 Å². The monoisotopic (exact) mass is 225 g/mol. The first-order chi connectivity index (χ1) is 7.72. The topological polar surface area (TPSA) is 20.3 Å². The lowest BCUT2D eigenvalue weighted by Gasteiger charge is -2.18. The Kier molecular flexibility index (Phi) is 10.2. The predicted octanol–water partition coefficient (Wildman–Crippen LogP) is 3.77. The van der Waals surface area contributed by atoms with Gasteiger partial charge >= 0.3 is 0 Å². The third-order valence-corrected chi connectivity index (χ3v) is 2.83. The SMILES string of the molecule is C=CCN(CCCCCCCCC)C(C)=O. The summed E-state index contributed by atoms with van der Waals surface area (Å²) in [6, 6.07) is 0. The molecule has 0 aromatic heterocycles. The van der Waals surface area contributed by atoms with E-state index >= 15 is 0 Å². The molecule has 2 nitrogen and oxygen atoms in total. The normalized spacial score (nSPS) is 10.1. The molecule has 0 aliphatic carbocycles. The summed E-state index contributed by atoms with van der Waals surface area (Å²) < 4.78 is 0. The maximum atomic E-state index is 11.2. The zero-order chi connectivity index (χ0) is 12.2. The summed E-state index contributed by atoms with van der Waals surface area (Å²) in [4.78, 5) is 13.1. The van der Waals surface area contributed by atoms with Crippen molar-refractivity contribution in [3.63, 3.8) is 0 Å². The van der Waals surface area contributed by atoms with Gasteiger partial charge in [0.1, 0.15) is 0 Å². The standard InChI is InChI=1S/C14H27NO/c1-4-6-7-8-9-10-11-13-15(12-5-2)14(3)16/h5H,2,4,6-13H2,1,3H3. The van der Waals surface area contributed by atoms with Crippen LogP contribution in [0.15, 0.2) is 12.7 Å². The molecule has 1 amide bonds. The second-order valence-corrected chi connectivity index (χ2v) is 4.38. The van der Waals surface area contributed by atoms with E-state index in [-0.39, 0.29) is 5.91 Å². The van der Waals surface area contributed by atoms with Gasteiger partial charge in [-0.1, -0.05) is 51.5 Å². The minimum Gasteiger partial charge on any atom is -0.339 e. The van der Waals surface area contributed by atoms with Crippen molar-refractivity contribution in [1.82, 2.24) is 4.90 Å². The van der Waals surface area contributed by atoms with Crippen molar-refractivity contribution in [2.45, 2.75) is 58.8 Å². The number of unbranched alkanes of at least 4 members (excludes halogenated alkanes) is 6. The number of rotatable bonds is 10. The zero-order valence-corrected chi connectivity index (χ0v) is 11.0. The van der Waals surface area contributed by atoms with Crippen molar-refractivity contribution in [2.24, 2.45) is 0 Å². The van der Waals surface area contributed by atoms with E-state index in [0.29, 0.717) is 6.54 Å². The molecule has 0 aliphatic heterocycles. The second-order valence-electron chi connectivity index (χ2n) is 4.38. The highest BCUT2D eigenvalue weighted by Crippen LogP contribution is 2.07. The maximum absolute atomic E-state index is 11.2. The molecule has 0 rings (SSSR count). The van der Waals surface area contributed by atoms with Crippen LogP contribution in [0, 0.1) is 0 Å². The van der Waals surface area contributed by atoms with Crippen LogP contribution in [-0.4, -0.2) is 23.9 Å². The first kappa shape index (κ1) is 15.2. The van der Waals surface area contributed by atoms with Crippen LogP contribution in [0.3, 0.4) is 0 Å². The summed E-state index contributed by atoms with van der Waals surface area (Å²) >= 11 is 0. The van der Waals surface area contributed by atoms with E-state index in [1.165, 1.54) is 38.5 Å². The van der Waals surface area contributed by atoms with E-state index in [1.807, 2.05) is 4.90 Å². The fraction of sp³-hybridized carbons (Fsp3) is 0.786. The summed E-state index contributed by atoms with van der Waals surface area (Å²) in [6.45, 7) is 9.10. The Labute approximate surface area is 101 Å². The van der Waals surface area contributed by atoms with Gasteiger partial charge in [0, 0.05) is 20.0 Å². The molecule has 0 unspecified atom stereocenters. The molecule has 94 valence electrons. The Hall–Kier alpha value is -0.790. The van der Waals surface area contributed by atoms with Crippen molar-refractivity contribution in [2.75, 3.05) is 13.1 Å². The van der Waals surface area contributed by atoms with Gasteiger partial charge in [-0.2, -0.15) is 0 Å². The van der Waals surface area contributed by atoms with Crippen LogP contribution in [0.1, 0.15) is 58.8 Å². The first-order valence-electron chi connectivity index (χ1n) is 6.58. The molecule has 0 aromatic rings. The fourth-order valence-electron chi connectivity index (χ4n) is 1.79. The highest BCUT2D eigenvalue weighted by molar-refractivity contribution is 5.73. The first-order valence-corrected chi connectivity index (χ1v) is 6.58. The Morgan fingerprint density at radius 1 is 1.12 bits per heavy atom. The molecular formula is C14H27NO. The van der Waals surface area contributed by atoms with Gasteiger partial charge in [0.2, 0.25) is 5.91 Å². The number of carbonyl (C=O) groups excluding carboxylic acids is 1. The van der Waals surface area contributed by atoms with Crippen molar-refractivity contribution < 1.29 is 4.79 Å². The minimum absolute atomic E-state index is 0.158. The highest BCUT2D eigenvalue weighted by atomic mass is 16.2. The van der Waals surface area contributed by atoms with Crippen molar-refractivity contribution in [3.8, 4) is 0 Å². The van der Waals surface area contributed by atoms with Gasteiger partial charge in [-0.25, -0.2) is 0 Å². The lowest BCUT2D eigenvalue weighted by Crippen LogP contribution is -2.29. The summed E-state index contributed by atoms with van der Waals surface area (Å²) in [6.07, 6.45) is 10.8. The smallest absolute Gasteiger partial charge is 0.219 e. The Morgan fingerprint density at radius 2 is 1.69 bits per heavy atom. The summed E-state index contributed by atoms with van der Waals surface area (Å²) in [5, 5.41) is 0. The van der Waals surface area contributed by atoms with Crippen LogP contribution in [0.2, 0.25) is 0 Å². The number of nitrogens with zero attached hydrogens (tertiary/aromatic N) is 1. The van der Waals surface area contributed by atoms with Crippen LogP contribution in [0.5, 0.6) is 0 Å². The second kappa shape index (κ2) is 10.7. The Bertz CT molecular complexity index is 189. The lowest BCUT2D eigenvalue weighted by molar-refractivity contribution is -0.128. The minimum atomic E-state index is 0.158. The maximum Gasteiger partial charge on any atom is 0.219 e. The molecule has 0 aliphatic rings. The number of amides is 1. The molecule has 16 heavy (non-hydrogen) atoms. The van der Waals surface area contributed by atoms with Gasteiger partial charge in [0.15, 0.2) is 0 Å². The van der Waals surface area contributed by atoms with Gasteiger partial charge in [-0.05, 0) is 6.42 Å². The average Bonchev–Trinajstić information content (AvgIpc) is 2.26. The Morgan fingerprint density at radius 3 is 2.19 bits per heavy atom. The van der Waals surface area contributed by atoms with Crippen molar-refractivity contribution in [3.05, 3.63) is 12.7 Å². The predicted molar refractivity (Wildman–Crippen MR) is 70.4 cm³/mol. The van der Waals surface area contributed by atoms with Crippen molar-refractivity contribution in [1.29, 1.82) is 0 Å². The van der Waals surface area contributed by atoms with E-state index in [9.17, 15) is 4.79 Å². The van der Waals surface area contributed by atoms with Gasteiger partial charge in [-0.3, -0.25) is 4.79 Å². The van der Waals surface area contributed by atoms with Gasteiger partial charge in [0.05, 0.1) is 0 Å². The molecule has 0 heterocycles. The summed E-state index contributed by atoms with van der Waals surface area (Å²) in [7, 11) is 0. The fourth-order valence-corrected chi connectivity index (χ4v) is 1.79. The number of carbonyl (C=O) groups is 1. The molecule has 0 radical (unpaired) electrons. The van der Waals surface area contributed by atoms with Gasteiger partial charge < -0.3 is 4.90 Å². The molecular weight excluding hydrogens is 198 g/mol. The van der Waals surface area contributed by atoms with E-state index in [4.69, 9.17) is 0 Å². The molecule has 0 spiro atoms. The van der Waals surface area contributed by atoms with E-state index in [2.05, 4.69) is 13.5 Å². The largest absolute Gasteiger partial charge is 0.339 e. The van der Waals surface area contributed by atoms with E-state index in [1.54, 1.807) is 13.0 Å². The third-order valence-electron chi connectivity index (χ3n) is 2.83. The van der Waals surface area contributed by atoms with Crippen molar-refractivity contribution >= 4 is 5.91 Å². The highest BCUT2D eigenvalue weighted by Gasteiger charge is 2.04. The Balaban J connectivity index is 3.40. The molecule has 0 bridgehead atoms. The molecule has 0 N–H and O–H groups in total. The van der Waals surface area contributed by atoms with Crippen LogP contribution < -0.4 is 0 Å². The van der Waals surface area contributed by atoms with Gasteiger partial charge in [-0.15, -0.1) is 6.58 Å². The molecule has 0 atom stereocenters. The third kappa shape index (κ3) is 8.51. The number of hydrogen-bond acceptors (Lipinski definition) is 1. The zero-order valence-electron chi connectivity index (χ0n) is 11.0. The van der Waals surface area contributed by atoms with Crippen LogP contribution in [0.4, 0.5) is 0 Å². The molecule has 0 saturated carbocycles. The summed E-state index contributed by atoms with van der Waals surface area (Å²) in [5.41, 5.74) is 0. The van der Waals surface area contributed by atoms with Crippen LogP contribution >= 0.6 is 0 Å². The molecule has 0 fully saturated rings. The number of hydrogen-bond donors (Lipinski definition) is 0. The summed E-state index contributed by atoms with van der Waals surface area (Å²) in [5.74, 6) is 0.158. The lowest BCUT2D eigenvalue weighted by atomic mass is 10.1. The van der Waals surface area contributed by atoms with E-state index < -0.39 is 0 Å². The van der Waals surface area contributed by atoms with Crippen LogP contribution in [0.25, 0.3) is 0 Å². The molecule has 2 heteroatoms. The molecule has 0 saturated heterocycles. The van der Waals surface area contributed by atoms with Crippen LogP contribution in [-0.2, 0) is 4.79 Å².